The second-order valence-electron chi connectivity index (χ2n) is 4.32. The Hall–Kier alpha value is -2.31. The fourth-order valence-electron chi connectivity index (χ4n) is 2.12. The zero-order valence-electron chi connectivity index (χ0n) is 10.3. The van der Waals surface area contributed by atoms with E-state index in [9.17, 15) is 0 Å². The topological polar surface area (TPSA) is 41.6 Å². The van der Waals surface area contributed by atoms with E-state index in [2.05, 4.69) is 11.1 Å². The third-order valence-electron chi connectivity index (χ3n) is 3.11. The maximum atomic E-state index is 8.95. The molecule has 1 heterocycles. The molecule has 1 aromatic heterocycles. The van der Waals surface area contributed by atoms with Gasteiger partial charge in [0.1, 0.15) is 5.82 Å². The van der Waals surface area contributed by atoms with Gasteiger partial charge in [0.2, 0.25) is 0 Å². The van der Waals surface area contributed by atoms with Crippen LogP contribution in [0.1, 0.15) is 5.56 Å². The smallest absolute Gasteiger partial charge is 0.140 e. The molecule has 0 spiro atoms. The summed E-state index contributed by atoms with van der Waals surface area (Å²) in [6, 6.07) is 15.2. The van der Waals surface area contributed by atoms with Gasteiger partial charge in [-0.25, -0.2) is 4.98 Å². The van der Waals surface area contributed by atoms with Crippen molar-refractivity contribution in [1.82, 2.24) is 9.55 Å². The van der Waals surface area contributed by atoms with Crippen LogP contribution in [0.25, 0.3) is 22.4 Å². The first-order chi connectivity index (χ1) is 9.19. The first-order valence-electron chi connectivity index (χ1n) is 5.81. The van der Waals surface area contributed by atoms with Gasteiger partial charge >= 0.3 is 0 Å². The van der Waals surface area contributed by atoms with E-state index in [0.717, 1.165) is 22.4 Å². The Bertz CT molecular complexity index is 795. The second-order valence-corrected chi connectivity index (χ2v) is 4.75. The van der Waals surface area contributed by atoms with E-state index in [4.69, 9.17) is 16.9 Å². The summed E-state index contributed by atoms with van der Waals surface area (Å²) < 4.78 is 1.99. The van der Waals surface area contributed by atoms with E-state index in [1.54, 1.807) is 6.07 Å². The van der Waals surface area contributed by atoms with Crippen molar-refractivity contribution in [2.24, 2.45) is 7.05 Å². The summed E-state index contributed by atoms with van der Waals surface area (Å²) >= 11 is 5.89. The van der Waals surface area contributed by atoms with Gasteiger partial charge in [-0.15, -0.1) is 0 Å². The highest BCUT2D eigenvalue weighted by molar-refractivity contribution is 6.30. The molecule has 0 fully saturated rings. The summed E-state index contributed by atoms with van der Waals surface area (Å²) in [6.45, 7) is 0. The third kappa shape index (κ3) is 1.96. The van der Waals surface area contributed by atoms with Crippen LogP contribution in [-0.2, 0) is 7.05 Å². The van der Waals surface area contributed by atoms with Crippen LogP contribution in [-0.4, -0.2) is 9.55 Å². The molecule has 0 aliphatic carbocycles. The summed E-state index contributed by atoms with van der Waals surface area (Å²) in [6.07, 6.45) is 0. The number of fused-ring (bicyclic) bond motifs is 1. The van der Waals surface area contributed by atoms with Crippen LogP contribution in [0.15, 0.2) is 42.5 Å². The standard InChI is InChI=1S/C15H10ClN3/c1-19-14-8-10(9-17)2-7-13(14)18-15(19)11-3-5-12(16)6-4-11/h2-8H,1H3. The van der Waals surface area contributed by atoms with Crippen LogP contribution < -0.4 is 0 Å². The number of nitriles is 1. The SMILES string of the molecule is Cn1c(-c2ccc(Cl)cc2)nc2ccc(C#N)cc21. The molecule has 2 aromatic carbocycles. The molecule has 0 bridgehead atoms. The van der Waals surface area contributed by atoms with Gasteiger partial charge in [-0.3, -0.25) is 0 Å². The second kappa shape index (κ2) is 4.42. The van der Waals surface area contributed by atoms with Gasteiger partial charge in [0.15, 0.2) is 0 Å². The van der Waals surface area contributed by atoms with Gasteiger partial charge in [-0.05, 0) is 42.5 Å². The molecule has 0 saturated heterocycles. The Kier molecular flexibility index (Phi) is 2.73. The van der Waals surface area contributed by atoms with Crippen molar-refractivity contribution in [3.05, 3.63) is 53.1 Å². The van der Waals surface area contributed by atoms with E-state index in [1.807, 2.05) is 48.0 Å². The number of aromatic nitrogens is 2. The average Bonchev–Trinajstić information content (AvgIpc) is 2.76. The summed E-state index contributed by atoms with van der Waals surface area (Å²) in [5.41, 5.74) is 3.47. The third-order valence-corrected chi connectivity index (χ3v) is 3.36. The number of halogens is 1. The van der Waals surface area contributed by atoms with Crippen LogP contribution in [0.5, 0.6) is 0 Å². The van der Waals surface area contributed by atoms with Crippen molar-refractivity contribution < 1.29 is 0 Å². The molecule has 0 amide bonds. The van der Waals surface area contributed by atoms with Crippen molar-refractivity contribution in [2.45, 2.75) is 0 Å². The normalized spacial score (nSPS) is 10.6. The fraction of sp³-hybridized carbons (Fsp3) is 0.0667. The molecule has 4 heteroatoms. The number of hydrogen-bond donors (Lipinski definition) is 0. The summed E-state index contributed by atoms with van der Waals surface area (Å²) in [7, 11) is 1.94. The molecule has 0 atom stereocenters. The predicted octanol–water partition coefficient (Wildman–Crippen LogP) is 3.77. The van der Waals surface area contributed by atoms with Crippen molar-refractivity contribution in [1.29, 1.82) is 5.26 Å². The van der Waals surface area contributed by atoms with Crippen LogP contribution in [0.2, 0.25) is 5.02 Å². The largest absolute Gasteiger partial charge is 0.327 e. The minimum Gasteiger partial charge on any atom is -0.327 e. The number of rotatable bonds is 1. The van der Waals surface area contributed by atoms with Crippen LogP contribution in [0.4, 0.5) is 0 Å². The van der Waals surface area contributed by atoms with Gasteiger partial charge in [0, 0.05) is 17.6 Å². The highest BCUT2D eigenvalue weighted by atomic mass is 35.5. The Morgan fingerprint density at radius 1 is 1.16 bits per heavy atom. The van der Waals surface area contributed by atoms with E-state index in [0.29, 0.717) is 10.6 Å². The molecule has 0 N–H and O–H groups in total. The molecule has 0 radical (unpaired) electrons. The molecule has 0 unspecified atom stereocenters. The van der Waals surface area contributed by atoms with Gasteiger partial charge in [-0.2, -0.15) is 5.26 Å². The molecule has 3 nitrogen and oxygen atoms in total. The Morgan fingerprint density at radius 2 is 1.89 bits per heavy atom. The zero-order chi connectivity index (χ0) is 13.4. The predicted molar refractivity (Wildman–Crippen MR) is 75.9 cm³/mol. The summed E-state index contributed by atoms with van der Waals surface area (Å²) in [4.78, 5) is 4.60. The van der Waals surface area contributed by atoms with Crippen LogP contribution >= 0.6 is 11.6 Å². The van der Waals surface area contributed by atoms with E-state index < -0.39 is 0 Å². The maximum Gasteiger partial charge on any atom is 0.140 e. The molecule has 0 saturated carbocycles. The van der Waals surface area contributed by atoms with Crippen LogP contribution in [0, 0.1) is 11.3 Å². The number of aryl methyl sites for hydroxylation is 1. The monoisotopic (exact) mass is 267 g/mol. The highest BCUT2D eigenvalue weighted by Gasteiger charge is 2.10. The van der Waals surface area contributed by atoms with Gasteiger partial charge < -0.3 is 4.57 Å². The molecule has 0 aliphatic rings. The lowest BCUT2D eigenvalue weighted by atomic mass is 10.2. The lowest BCUT2D eigenvalue weighted by Gasteiger charge is -2.02. The Balaban J connectivity index is 2.23. The van der Waals surface area contributed by atoms with E-state index in [1.165, 1.54) is 0 Å². The quantitative estimate of drug-likeness (QED) is 0.673. The number of nitrogens with zero attached hydrogens (tertiary/aromatic N) is 3. The van der Waals surface area contributed by atoms with E-state index in [-0.39, 0.29) is 0 Å². The molecular formula is C15H10ClN3. The van der Waals surface area contributed by atoms with Crippen molar-refractivity contribution in [3.8, 4) is 17.5 Å². The Morgan fingerprint density at radius 3 is 2.58 bits per heavy atom. The molecule has 0 aliphatic heterocycles. The first-order valence-corrected chi connectivity index (χ1v) is 6.19. The van der Waals surface area contributed by atoms with Gasteiger partial charge in [-0.1, -0.05) is 11.6 Å². The average molecular weight is 268 g/mol. The van der Waals surface area contributed by atoms with Crippen LogP contribution in [0.3, 0.4) is 0 Å². The molecule has 92 valence electrons. The first kappa shape index (κ1) is 11.8. The summed E-state index contributed by atoms with van der Waals surface area (Å²) in [5, 5.41) is 9.65. The lowest BCUT2D eigenvalue weighted by molar-refractivity contribution is 0.959. The zero-order valence-corrected chi connectivity index (χ0v) is 11.0. The minimum atomic E-state index is 0.637. The van der Waals surface area contributed by atoms with Crippen molar-refractivity contribution in [2.75, 3.05) is 0 Å². The molecule has 19 heavy (non-hydrogen) atoms. The van der Waals surface area contributed by atoms with Gasteiger partial charge in [0.25, 0.3) is 0 Å². The maximum absolute atomic E-state index is 8.95. The summed E-state index contributed by atoms with van der Waals surface area (Å²) in [5.74, 6) is 0.863. The fourth-order valence-corrected chi connectivity index (χ4v) is 2.24. The highest BCUT2D eigenvalue weighted by Crippen LogP contribution is 2.25. The Labute approximate surface area is 115 Å². The lowest BCUT2D eigenvalue weighted by Crippen LogP contribution is -1.92. The molecule has 3 aromatic rings. The van der Waals surface area contributed by atoms with Gasteiger partial charge in [0.05, 0.1) is 22.7 Å². The minimum absolute atomic E-state index is 0.637. The number of hydrogen-bond acceptors (Lipinski definition) is 2. The number of benzene rings is 2. The van der Waals surface area contributed by atoms with Crippen molar-refractivity contribution in [3.63, 3.8) is 0 Å². The van der Waals surface area contributed by atoms with E-state index >= 15 is 0 Å². The molecular weight excluding hydrogens is 258 g/mol. The van der Waals surface area contributed by atoms with Crippen molar-refractivity contribution >= 4 is 22.6 Å². The molecule has 3 rings (SSSR count). The number of imidazole rings is 1.